The highest BCUT2D eigenvalue weighted by Crippen LogP contribution is 2.56. The predicted molar refractivity (Wildman–Crippen MR) is 123 cm³/mol. The first-order valence-electron chi connectivity index (χ1n) is 11.7. The van der Waals surface area contributed by atoms with Crippen molar-refractivity contribution in [3.05, 3.63) is 64.2 Å². The van der Waals surface area contributed by atoms with E-state index in [1.54, 1.807) is 12.1 Å². The zero-order valence-corrected chi connectivity index (χ0v) is 19.2. The van der Waals surface area contributed by atoms with Crippen LogP contribution in [0.15, 0.2) is 42.5 Å². The summed E-state index contributed by atoms with van der Waals surface area (Å²) in [4.78, 5) is 0. The molecule has 0 amide bonds. The van der Waals surface area contributed by atoms with Gasteiger partial charge in [0.2, 0.25) is 0 Å². The molecule has 0 aromatic heterocycles. The highest BCUT2D eigenvalue weighted by atomic mass is 35.5. The van der Waals surface area contributed by atoms with E-state index >= 15 is 0 Å². The Kier molecular flexibility index (Phi) is 6.42. The van der Waals surface area contributed by atoms with Crippen LogP contribution < -0.4 is 4.74 Å². The molecule has 2 aromatic rings. The summed E-state index contributed by atoms with van der Waals surface area (Å²) in [6.07, 6.45) is 1.39. The second-order valence-electron chi connectivity index (χ2n) is 9.92. The second-order valence-corrected chi connectivity index (χ2v) is 10.3. The summed E-state index contributed by atoms with van der Waals surface area (Å²) < 4.78 is 11.8. The van der Waals surface area contributed by atoms with Crippen LogP contribution in [0, 0.1) is 5.41 Å². The normalized spacial score (nSPS) is 31.1. The summed E-state index contributed by atoms with van der Waals surface area (Å²) in [7, 11) is 0. The van der Waals surface area contributed by atoms with Crippen molar-refractivity contribution in [2.45, 2.75) is 75.1 Å². The van der Waals surface area contributed by atoms with Crippen LogP contribution >= 0.6 is 11.6 Å². The van der Waals surface area contributed by atoms with Crippen molar-refractivity contribution in [2.24, 2.45) is 5.41 Å². The third-order valence-electron chi connectivity index (χ3n) is 7.65. The summed E-state index contributed by atoms with van der Waals surface area (Å²) >= 11 is 6.44. The highest BCUT2D eigenvalue weighted by molar-refractivity contribution is 6.31. The van der Waals surface area contributed by atoms with Crippen molar-refractivity contribution < 1.29 is 29.9 Å². The van der Waals surface area contributed by atoms with Gasteiger partial charge in [0.15, 0.2) is 0 Å². The van der Waals surface area contributed by atoms with Crippen LogP contribution in [0.25, 0.3) is 0 Å². The molecule has 3 fully saturated rings. The zero-order valence-electron chi connectivity index (χ0n) is 18.4. The molecule has 0 radical (unpaired) electrons. The van der Waals surface area contributed by atoms with Gasteiger partial charge < -0.3 is 29.9 Å². The van der Waals surface area contributed by atoms with Crippen LogP contribution in [0.2, 0.25) is 5.02 Å². The lowest BCUT2D eigenvalue weighted by molar-refractivity contribution is -0.231. The lowest BCUT2D eigenvalue weighted by atomic mass is 9.55. The van der Waals surface area contributed by atoms with Gasteiger partial charge in [-0.05, 0) is 72.4 Å². The first-order valence-corrected chi connectivity index (χ1v) is 12.1. The number of rotatable bonds is 6. The Balaban J connectivity index is 1.25. The molecule has 178 valence electrons. The van der Waals surface area contributed by atoms with Crippen LogP contribution in [-0.2, 0) is 11.2 Å². The van der Waals surface area contributed by atoms with Gasteiger partial charge in [0.05, 0.1) is 12.7 Å². The van der Waals surface area contributed by atoms with Gasteiger partial charge in [0.25, 0.3) is 0 Å². The highest BCUT2D eigenvalue weighted by Gasteiger charge is 2.49. The largest absolute Gasteiger partial charge is 0.490 e. The Morgan fingerprint density at radius 1 is 0.970 bits per heavy atom. The van der Waals surface area contributed by atoms with Crippen LogP contribution in [0.3, 0.4) is 0 Å². The fourth-order valence-corrected chi connectivity index (χ4v) is 5.64. The minimum atomic E-state index is -1.41. The molecule has 0 bridgehead atoms. The quantitative estimate of drug-likeness (QED) is 0.513. The fourth-order valence-electron chi connectivity index (χ4n) is 5.46. The van der Waals surface area contributed by atoms with E-state index in [9.17, 15) is 20.4 Å². The first-order chi connectivity index (χ1) is 15.9. The molecule has 1 saturated heterocycles. The molecule has 3 aliphatic rings. The zero-order chi connectivity index (χ0) is 23.2. The smallest absolute Gasteiger partial charge is 0.119 e. The number of hydrogen-bond acceptors (Lipinski definition) is 6. The van der Waals surface area contributed by atoms with E-state index in [2.05, 4.69) is 0 Å². The second kappa shape index (κ2) is 9.17. The molecule has 2 aliphatic carbocycles. The van der Waals surface area contributed by atoms with E-state index in [0.717, 1.165) is 16.9 Å². The molecule has 7 heteroatoms. The van der Waals surface area contributed by atoms with Gasteiger partial charge in [-0.15, -0.1) is 0 Å². The van der Waals surface area contributed by atoms with E-state index in [1.807, 2.05) is 30.3 Å². The maximum atomic E-state index is 10.4. The van der Waals surface area contributed by atoms with E-state index in [1.165, 1.54) is 32.1 Å². The van der Waals surface area contributed by atoms with Gasteiger partial charge in [-0.3, -0.25) is 0 Å². The SMILES string of the molecule is OC[C@H]1O[C@@H](c2ccc(Cl)c(Cc3ccc(OC4CC5(CCC5)C4)cc3)c2)[C@H](O)[C@@H](O)[C@@H]1O. The number of ether oxygens (including phenoxy) is 2. The van der Waals surface area contributed by atoms with Crippen molar-refractivity contribution in [3.63, 3.8) is 0 Å². The maximum Gasteiger partial charge on any atom is 0.119 e. The van der Waals surface area contributed by atoms with Crippen LogP contribution in [0.1, 0.15) is 54.9 Å². The van der Waals surface area contributed by atoms with E-state index < -0.39 is 37.1 Å². The van der Waals surface area contributed by atoms with E-state index in [-0.39, 0.29) is 0 Å². The Morgan fingerprint density at radius 2 is 1.70 bits per heavy atom. The summed E-state index contributed by atoms with van der Waals surface area (Å²) in [5.41, 5.74) is 3.14. The van der Waals surface area contributed by atoms with E-state index in [4.69, 9.17) is 21.1 Å². The molecule has 1 heterocycles. The third-order valence-corrected chi connectivity index (χ3v) is 8.02. The molecule has 1 spiro atoms. The number of benzene rings is 2. The number of aliphatic hydroxyl groups excluding tert-OH is 4. The monoisotopic (exact) mass is 474 g/mol. The molecular weight excluding hydrogens is 444 g/mol. The van der Waals surface area contributed by atoms with Crippen LogP contribution in [-0.4, -0.2) is 57.6 Å². The Bertz CT molecular complexity index is 965. The molecular formula is C26H31ClO6. The van der Waals surface area contributed by atoms with Gasteiger partial charge in [-0.25, -0.2) is 0 Å². The summed E-state index contributed by atoms with van der Waals surface area (Å²) in [5, 5.41) is 40.6. The summed E-state index contributed by atoms with van der Waals surface area (Å²) in [6.45, 7) is -0.460. The van der Waals surface area contributed by atoms with E-state index in [0.29, 0.717) is 28.5 Å². The molecule has 5 atom stereocenters. The molecule has 1 aliphatic heterocycles. The van der Waals surface area contributed by atoms with Gasteiger partial charge in [-0.2, -0.15) is 0 Å². The average molecular weight is 475 g/mol. The van der Waals surface area contributed by atoms with Crippen molar-refractivity contribution in [1.82, 2.24) is 0 Å². The maximum absolute atomic E-state index is 10.4. The Morgan fingerprint density at radius 3 is 2.33 bits per heavy atom. The minimum Gasteiger partial charge on any atom is -0.490 e. The Labute approximate surface area is 198 Å². The van der Waals surface area contributed by atoms with Crippen LogP contribution in [0.5, 0.6) is 5.75 Å². The van der Waals surface area contributed by atoms with Crippen LogP contribution in [0.4, 0.5) is 0 Å². The molecule has 2 saturated carbocycles. The van der Waals surface area contributed by atoms with Gasteiger partial charge in [-0.1, -0.05) is 42.3 Å². The molecule has 5 rings (SSSR count). The lowest BCUT2D eigenvalue weighted by Gasteiger charge is -2.53. The summed E-state index contributed by atoms with van der Waals surface area (Å²) in [5.74, 6) is 0.888. The van der Waals surface area contributed by atoms with Gasteiger partial charge in [0, 0.05) is 5.02 Å². The third kappa shape index (κ3) is 4.53. The van der Waals surface area contributed by atoms with Gasteiger partial charge >= 0.3 is 0 Å². The summed E-state index contributed by atoms with van der Waals surface area (Å²) in [6, 6.07) is 13.4. The minimum absolute atomic E-state index is 0.334. The first kappa shape index (κ1) is 23.1. The fraction of sp³-hybridized carbons (Fsp3) is 0.538. The lowest BCUT2D eigenvalue weighted by Crippen LogP contribution is -2.55. The van der Waals surface area contributed by atoms with Crippen molar-refractivity contribution in [1.29, 1.82) is 0 Å². The molecule has 6 nitrogen and oxygen atoms in total. The Hall–Kier alpha value is -1.67. The predicted octanol–water partition coefficient (Wildman–Crippen LogP) is 3.16. The number of hydrogen-bond donors (Lipinski definition) is 4. The molecule has 4 N–H and O–H groups in total. The molecule has 0 unspecified atom stereocenters. The van der Waals surface area contributed by atoms with Gasteiger partial charge in [0.1, 0.15) is 36.3 Å². The molecule has 33 heavy (non-hydrogen) atoms. The standard InChI is InChI=1S/C26H31ClO6/c27-20-7-4-16(25-24(31)23(30)22(29)21(14-28)33-25)11-17(20)10-15-2-5-18(6-3-15)32-19-12-26(13-19)8-1-9-26/h2-7,11,19,21-25,28-31H,1,8-10,12-14H2/t21-,22-,23+,24-,25+/m1/s1. The molecule has 2 aromatic carbocycles. The number of halogens is 1. The number of aliphatic hydroxyl groups is 4. The topological polar surface area (TPSA) is 99.4 Å². The average Bonchev–Trinajstić information content (AvgIpc) is 2.76. The van der Waals surface area contributed by atoms with Crippen molar-refractivity contribution in [2.75, 3.05) is 6.61 Å². The van der Waals surface area contributed by atoms with Crippen molar-refractivity contribution >= 4 is 11.6 Å². The van der Waals surface area contributed by atoms with Crippen molar-refractivity contribution in [3.8, 4) is 5.75 Å².